The molecular formula is C21H20F3N7O6S3. The highest BCUT2D eigenvalue weighted by molar-refractivity contribution is 8.01. The maximum Gasteiger partial charge on any atom is 0.442 e. The van der Waals surface area contributed by atoms with Gasteiger partial charge in [-0.1, -0.05) is 11.8 Å². The number of halogens is 3. The number of nitrogens with zero attached hydrogens (tertiary/aromatic N) is 4. The molecule has 2 aliphatic heterocycles. The summed E-state index contributed by atoms with van der Waals surface area (Å²) in [7, 11) is 0. The van der Waals surface area contributed by atoms with E-state index in [0.717, 1.165) is 4.90 Å². The summed E-state index contributed by atoms with van der Waals surface area (Å²) in [5.41, 5.74) is 1.95. The van der Waals surface area contributed by atoms with Crippen molar-refractivity contribution in [2.24, 2.45) is 0 Å². The smallest absolute Gasteiger partial charge is 0.424 e. The molecule has 214 valence electrons. The number of anilines is 1. The van der Waals surface area contributed by atoms with E-state index in [0.29, 0.717) is 16.4 Å². The standard InChI is InChI=1S/C21H20F3N7O6S3/c1-9(40-20-27-29-30-28-20)12-6-38-17-14(26-13(32)7-39-21(22,23)24)16(33)31(17)15(12)19(35)37-8-36-18(34)10-2-4-11(25)5-3-10/h2-5,9,14,17H,6-8,25H2,1H3,(H,26,32)(H,27,28,29,30)/t9?,14?,17-/m0/s1. The quantitative estimate of drug-likeness (QED) is 0.115. The lowest BCUT2D eigenvalue weighted by atomic mass is 10.0. The molecule has 2 aromatic rings. The first-order chi connectivity index (χ1) is 18.9. The number of thioether (sulfide) groups is 3. The monoisotopic (exact) mass is 619 g/mol. The van der Waals surface area contributed by atoms with Gasteiger partial charge < -0.3 is 20.5 Å². The Bertz CT molecular complexity index is 1310. The first-order valence-electron chi connectivity index (χ1n) is 11.2. The van der Waals surface area contributed by atoms with Crippen LogP contribution in [0.5, 0.6) is 0 Å². The number of aromatic nitrogens is 4. The number of H-pyrrole nitrogens is 1. The zero-order valence-electron chi connectivity index (χ0n) is 20.3. The van der Waals surface area contributed by atoms with E-state index >= 15 is 0 Å². The van der Waals surface area contributed by atoms with Gasteiger partial charge in [-0.2, -0.15) is 13.2 Å². The van der Waals surface area contributed by atoms with E-state index in [1.165, 1.54) is 47.8 Å². The molecule has 1 aromatic carbocycles. The summed E-state index contributed by atoms with van der Waals surface area (Å²) in [6.45, 7) is 0.983. The molecule has 0 bridgehead atoms. The zero-order valence-corrected chi connectivity index (χ0v) is 22.8. The number of β-lactam (4-membered cyclic amide) rings is 1. The molecule has 3 atom stereocenters. The van der Waals surface area contributed by atoms with Crippen molar-refractivity contribution < 1.29 is 41.8 Å². The fourth-order valence-electron chi connectivity index (χ4n) is 3.65. The van der Waals surface area contributed by atoms with Crippen molar-refractivity contribution in [1.82, 2.24) is 30.8 Å². The number of carbonyl (C=O) groups is 4. The van der Waals surface area contributed by atoms with Crippen LogP contribution in [-0.2, 0) is 23.9 Å². The van der Waals surface area contributed by atoms with Gasteiger partial charge in [-0.15, -0.1) is 16.9 Å². The van der Waals surface area contributed by atoms with E-state index in [-0.39, 0.29) is 17.0 Å². The molecule has 1 fully saturated rings. The Morgan fingerprint density at radius 1 is 1.25 bits per heavy atom. The number of amides is 2. The van der Waals surface area contributed by atoms with E-state index < -0.39 is 70.2 Å². The molecule has 3 heterocycles. The van der Waals surface area contributed by atoms with Crippen LogP contribution >= 0.6 is 35.3 Å². The van der Waals surface area contributed by atoms with Crippen LogP contribution in [0.15, 0.2) is 40.7 Å². The summed E-state index contributed by atoms with van der Waals surface area (Å²) in [5, 5.41) is 14.8. The number of nitrogen functional groups attached to an aromatic ring is 1. The number of fused-ring (bicyclic) bond motifs is 1. The minimum atomic E-state index is -4.61. The van der Waals surface area contributed by atoms with E-state index in [1.807, 2.05) is 0 Å². The lowest BCUT2D eigenvalue weighted by molar-refractivity contribution is -0.157. The summed E-state index contributed by atoms with van der Waals surface area (Å²) >= 11 is 1.86. The third kappa shape index (κ3) is 7.00. The molecule has 2 amide bonds. The number of nitrogens with one attached hydrogen (secondary N) is 2. The number of nitrogens with two attached hydrogens (primary N) is 1. The average Bonchev–Trinajstić information content (AvgIpc) is 3.42. The Hall–Kier alpha value is -3.45. The number of hydrogen-bond acceptors (Lipinski definition) is 13. The fraction of sp³-hybridized carbons (Fsp3) is 0.381. The highest BCUT2D eigenvalue weighted by atomic mass is 32.2. The van der Waals surface area contributed by atoms with E-state index in [2.05, 4.69) is 25.9 Å². The van der Waals surface area contributed by atoms with Crippen LogP contribution in [0.25, 0.3) is 0 Å². The molecular weight excluding hydrogens is 599 g/mol. The lowest BCUT2D eigenvalue weighted by Gasteiger charge is -2.50. The molecule has 0 radical (unpaired) electrons. The Morgan fingerprint density at radius 2 is 1.95 bits per heavy atom. The molecule has 2 unspecified atom stereocenters. The van der Waals surface area contributed by atoms with Gasteiger partial charge in [-0.25, -0.2) is 14.7 Å². The number of tetrazole rings is 1. The van der Waals surface area contributed by atoms with Crippen LogP contribution in [0.3, 0.4) is 0 Å². The Morgan fingerprint density at radius 3 is 2.60 bits per heavy atom. The van der Waals surface area contributed by atoms with Crippen LogP contribution in [0.4, 0.5) is 18.9 Å². The number of aromatic amines is 1. The first kappa shape index (κ1) is 29.5. The average molecular weight is 620 g/mol. The summed E-state index contributed by atoms with van der Waals surface area (Å²) in [6, 6.07) is 4.71. The second-order valence-corrected chi connectivity index (χ2v) is 11.6. The summed E-state index contributed by atoms with van der Waals surface area (Å²) in [6.07, 6.45) is 0. The molecule has 1 saturated heterocycles. The molecule has 40 heavy (non-hydrogen) atoms. The van der Waals surface area contributed by atoms with Crippen LogP contribution in [0.1, 0.15) is 17.3 Å². The molecule has 0 spiro atoms. The van der Waals surface area contributed by atoms with Gasteiger partial charge in [0, 0.05) is 16.7 Å². The predicted octanol–water partition coefficient (Wildman–Crippen LogP) is 1.53. The van der Waals surface area contributed by atoms with Crippen molar-refractivity contribution in [2.45, 2.75) is 34.3 Å². The minimum Gasteiger partial charge on any atom is -0.424 e. The molecule has 1 aromatic heterocycles. The van der Waals surface area contributed by atoms with Crippen LogP contribution in [0.2, 0.25) is 0 Å². The number of alkyl halides is 3. The van der Waals surface area contributed by atoms with Crippen LogP contribution in [-0.4, -0.2) is 89.7 Å². The van der Waals surface area contributed by atoms with Gasteiger partial charge in [0.1, 0.15) is 17.1 Å². The minimum absolute atomic E-state index is 0.125. The number of ether oxygens (including phenoxy) is 2. The van der Waals surface area contributed by atoms with Gasteiger partial charge in [-0.3, -0.25) is 14.5 Å². The SMILES string of the molecule is CC(Sc1nnn[nH]1)C1=C(C(=O)OCOC(=O)c2ccc(N)cc2)N2C(=O)C(NC(=O)CSC(F)(F)F)[C@@H]2SC1. The van der Waals surface area contributed by atoms with Gasteiger partial charge in [0.25, 0.3) is 5.91 Å². The Balaban J connectivity index is 1.47. The number of carbonyl (C=O) groups excluding carboxylic acids is 4. The van der Waals surface area contributed by atoms with Gasteiger partial charge in [0.15, 0.2) is 0 Å². The van der Waals surface area contributed by atoms with Crippen molar-refractivity contribution in [2.75, 3.05) is 24.0 Å². The van der Waals surface area contributed by atoms with Crippen molar-refractivity contribution in [3.8, 4) is 0 Å². The number of hydrogen-bond donors (Lipinski definition) is 3. The van der Waals surface area contributed by atoms with Crippen LogP contribution < -0.4 is 11.1 Å². The van der Waals surface area contributed by atoms with E-state index in [9.17, 15) is 32.3 Å². The summed E-state index contributed by atoms with van der Waals surface area (Å²) < 4.78 is 47.5. The number of esters is 2. The second kappa shape index (κ2) is 12.4. The highest BCUT2D eigenvalue weighted by Crippen LogP contribution is 2.43. The van der Waals surface area contributed by atoms with Crippen molar-refractivity contribution >= 4 is 64.7 Å². The fourth-order valence-corrected chi connectivity index (χ4v) is 6.46. The highest BCUT2D eigenvalue weighted by Gasteiger charge is 2.55. The molecule has 19 heteroatoms. The molecule has 0 aliphatic carbocycles. The normalized spacial score (nSPS) is 19.4. The molecule has 0 saturated carbocycles. The third-order valence-corrected chi connectivity index (χ3v) is 8.58. The van der Waals surface area contributed by atoms with Crippen molar-refractivity contribution in [1.29, 1.82) is 0 Å². The molecule has 13 nitrogen and oxygen atoms in total. The second-order valence-electron chi connectivity index (χ2n) is 8.13. The van der Waals surface area contributed by atoms with Crippen molar-refractivity contribution in [3.63, 3.8) is 0 Å². The molecule has 2 aliphatic rings. The van der Waals surface area contributed by atoms with Gasteiger partial charge in [-0.05, 0) is 59.0 Å². The zero-order chi connectivity index (χ0) is 29.0. The maximum atomic E-state index is 13.2. The van der Waals surface area contributed by atoms with E-state index in [4.69, 9.17) is 15.2 Å². The van der Waals surface area contributed by atoms with Gasteiger partial charge >= 0.3 is 17.4 Å². The topological polar surface area (TPSA) is 182 Å². The Kier molecular flexibility index (Phi) is 9.14. The maximum absolute atomic E-state index is 13.2. The third-order valence-electron chi connectivity index (χ3n) is 5.51. The van der Waals surface area contributed by atoms with E-state index in [1.54, 1.807) is 6.92 Å². The molecule has 4 N–H and O–H groups in total. The summed E-state index contributed by atoms with van der Waals surface area (Å²) in [4.78, 5) is 51.6. The van der Waals surface area contributed by atoms with Gasteiger partial charge in [0.2, 0.25) is 17.9 Å². The number of rotatable bonds is 10. The van der Waals surface area contributed by atoms with Gasteiger partial charge in [0.05, 0.1) is 11.3 Å². The lowest BCUT2D eigenvalue weighted by Crippen LogP contribution is -2.71. The largest absolute Gasteiger partial charge is 0.442 e. The molecule has 4 rings (SSSR count). The first-order valence-corrected chi connectivity index (χ1v) is 14.1. The predicted molar refractivity (Wildman–Crippen MR) is 137 cm³/mol. The summed E-state index contributed by atoms with van der Waals surface area (Å²) in [5.74, 6) is -4.14. The van der Waals surface area contributed by atoms with Crippen LogP contribution in [0, 0.1) is 0 Å². The Labute approximate surface area is 236 Å². The van der Waals surface area contributed by atoms with Crippen molar-refractivity contribution in [3.05, 3.63) is 41.1 Å². The number of benzene rings is 1.